The molecule has 1 atom stereocenters. The van der Waals surface area contributed by atoms with E-state index < -0.39 is 15.3 Å². The van der Waals surface area contributed by atoms with Crippen molar-refractivity contribution in [1.82, 2.24) is 4.31 Å². The second-order valence-electron chi connectivity index (χ2n) is 5.07. The normalized spacial score (nSPS) is 27.0. The number of piperidine rings is 1. The maximum Gasteiger partial charge on any atom is 0.220 e. The summed E-state index contributed by atoms with van der Waals surface area (Å²) in [7, 11) is -1.60. The van der Waals surface area contributed by atoms with Crippen LogP contribution in [0.4, 0.5) is 0 Å². The summed E-state index contributed by atoms with van der Waals surface area (Å²) in [5, 5.41) is -0.426. The number of allylic oxidation sites excluding steroid dienone is 2. The van der Waals surface area contributed by atoms with E-state index >= 15 is 0 Å². The quantitative estimate of drug-likeness (QED) is 0.787. The van der Waals surface area contributed by atoms with Crippen molar-refractivity contribution in [3.8, 4) is 0 Å². The fraction of sp³-hybridized carbons (Fsp3) is 0.692. The van der Waals surface area contributed by atoms with Crippen LogP contribution in [0.1, 0.15) is 26.2 Å². The van der Waals surface area contributed by atoms with Crippen LogP contribution < -0.4 is 0 Å². The predicted octanol–water partition coefficient (Wildman–Crippen LogP) is 1.91. The molecule has 1 aliphatic heterocycles. The van der Waals surface area contributed by atoms with Gasteiger partial charge in [-0.2, -0.15) is 0 Å². The standard InChI is InChI=1S/C13H21NO3S/c1-11-7-9-14(10-8-11)18(15,16)13-5-3-12(17-2)4-6-13/h3-5,11,13H,6-10H2,1-2H3. The highest BCUT2D eigenvalue weighted by atomic mass is 32.2. The largest absolute Gasteiger partial charge is 0.497 e. The van der Waals surface area contributed by atoms with E-state index in [0.717, 1.165) is 18.6 Å². The number of hydrogen-bond acceptors (Lipinski definition) is 3. The van der Waals surface area contributed by atoms with Crippen LogP contribution in [0.15, 0.2) is 24.0 Å². The smallest absolute Gasteiger partial charge is 0.220 e. The van der Waals surface area contributed by atoms with Crippen molar-refractivity contribution in [1.29, 1.82) is 0 Å². The highest BCUT2D eigenvalue weighted by Crippen LogP contribution is 2.25. The molecule has 0 aromatic heterocycles. The summed E-state index contributed by atoms with van der Waals surface area (Å²) < 4.78 is 31.6. The van der Waals surface area contributed by atoms with Crippen LogP contribution in [0.3, 0.4) is 0 Å². The predicted molar refractivity (Wildman–Crippen MR) is 71.5 cm³/mol. The van der Waals surface area contributed by atoms with E-state index in [1.165, 1.54) is 0 Å². The van der Waals surface area contributed by atoms with E-state index in [-0.39, 0.29) is 0 Å². The zero-order valence-corrected chi connectivity index (χ0v) is 11.8. The fourth-order valence-electron chi connectivity index (χ4n) is 2.38. The van der Waals surface area contributed by atoms with Gasteiger partial charge in [0.1, 0.15) is 5.76 Å². The van der Waals surface area contributed by atoms with Gasteiger partial charge in [-0.15, -0.1) is 0 Å². The molecule has 5 heteroatoms. The average Bonchev–Trinajstić information content (AvgIpc) is 2.39. The molecule has 0 aromatic carbocycles. The molecule has 1 heterocycles. The minimum absolute atomic E-state index is 0.426. The third-order valence-electron chi connectivity index (χ3n) is 3.75. The van der Waals surface area contributed by atoms with E-state index in [1.807, 2.05) is 6.08 Å². The Morgan fingerprint density at radius 3 is 2.50 bits per heavy atom. The summed E-state index contributed by atoms with van der Waals surface area (Å²) in [6.07, 6.45) is 7.77. The third-order valence-corrected chi connectivity index (χ3v) is 5.95. The topological polar surface area (TPSA) is 46.6 Å². The minimum Gasteiger partial charge on any atom is -0.497 e. The van der Waals surface area contributed by atoms with E-state index in [2.05, 4.69) is 6.92 Å². The van der Waals surface area contributed by atoms with Gasteiger partial charge in [0.15, 0.2) is 0 Å². The lowest BCUT2D eigenvalue weighted by Crippen LogP contribution is -2.42. The Balaban J connectivity index is 2.04. The summed E-state index contributed by atoms with van der Waals surface area (Å²) in [5.41, 5.74) is 0. The maximum absolute atomic E-state index is 12.4. The number of ether oxygens (including phenoxy) is 1. The molecule has 18 heavy (non-hydrogen) atoms. The van der Waals surface area contributed by atoms with Crippen molar-refractivity contribution < 1.29 is 13.2 Å². The summed E-state index contributed by atoms with van der Waals surface area (Å²) in [6.45, 7) is 3.50. The lowest BCUT2D eigenvalue weighted by atomic mass is 10.0. The molecule has 0 aromatic rings. The molecule has 2 rings (SSSR count). The molecule has 0 bridgehead atoms. The van der Waals surface area contributed by atoms with Crippen LogP contribution in [0.2, 0.25) is 0 Å². The first-order valence-electron chi connectivity index (χ1n) is 6.45. The Labute approximate surface area is 109 Å². The van der Waals surface area contributed by atoms with Gasteiger partial charge in [0.05, 0.1) is 12.4 Å². The monoisotopic (exact) mass is 271 g/mol. The number of methoxy groups -OCH3 is 1. The van der Waals surface area contributed by atoms with E-state index in [0.29, 0.717) is 25.4 Å². The van der Waals surface area contributed by atoms with Crippen molar-refractivity contribution in [3.05, 3.63) is 24.0 Å². The zero-order chi connectivity index (χ0) is 13.2. The Hall–Kier alpha value is -0.810. The van der Waals surface area contributed by atoms with Gasteiger partial charge in [0.25, 0.3) is 0 Å². The van der Waals surface area contributed by atoms with Gasteiger partial charge < -0.3 is 4.74 Å². The molecule has 0 N–H and O–H groups in total. The molecule has 0 amide bonds. The van der Waals surface area contributed by atoms with Crippen LogP contribution in [0.25, 0.3) is 0 Å². The summed E-state index contributed by atoms with van der Waals surface area (Å²) >= 11 is 0. The fourth-order valence-corrected chi connectivity index (χ4v) is 4.10. The second kappa shape index (κ2) is 5.45. The Morgan fingerprint density at radius 2 is 2.00 bits per heavy atom. The number of sulfonamides is 1. The molecular weight excluding hydrogens is 250 g/mol. The Bertz CT molecular complexity index is 445. The third kappa shape index (κ3) is 2.78. The number of hydrogen-bond donors (Lipinski definition) is 0. The molecule has 0 radical (unpaired) electrons. The molecule has 1 unspecified atom stereocenters. The molecule has 0 spiro atoms. The first-order chi connectivity index (χ1) is 8.54. The first-order valence-corrected chi connectivity index (χ1v) is 7.95. The van der Waals surface area contributed by atoms with Crippen molar-refractivity contribution in [2.24, 2.45) is 5.92 Å². The van der Waals surface area contributed by atoms with Gasteiger partial charge in [0, 0.05) is 13.1 Å². The molecule has 1 fully saturated rings. The SMILES string of the molecule is COC1=CCC(S(=O)(=O)N2CCC(C)CC2)C=C1. The lowest BCUT2D eigenvalue weighted by Gasteiger charge is -2.32. The highest BCUT2D eigenvalue weighted by Gasteiger charge is 2.32. The zero-order valence-electron chi connectivity index (χ0n) is 11.0. The molecule has 4 nitrogen and oxygen atoms in total. The lowest BCUT2D eigenvalue weighted by molar-refractivity contribution is 0.285. The molecule has 1 saturated heterocycles. The van der Waals surface area contributed by atoms with Crippen LogP contribution in [0.5, 0.6) is 0 Å². The highest BCUT2D eigenvalue weighted by molar-refractivity contribution is 7.89. The molecule has 2 aliphatic rings. The first kappa shape index (κ1) is 13.6. The van der Waals surface area contributed by atoms with Crippen molar-refractivity contribution in [2.45, 2.75) is 31.4 Å². The van der Waals surface area contributed by atoms with Crippen molar-refractivity contribution in [3.63, 3.8) is 0 Å². The molecular formula is C13H21NO3S. The van der Waals surface area contributed by atoms with Crippen LogP contribution in [-0.2, 0) is 14.8 Å². The van der Waals surface area contributed by atoms with Gasteiger partial charge in [-0.05, 0) is 37.3 Å². The van der Waals surface area contributed by atoms with Gasteiger partial charge >= 0.3 is 0 Å². The summed E-state index contributed by atoms with van der Waals surface area (Å²) in [4.78, 5) is 0. The van der Waals surface area contributed by atoms with Gasteiger partial charge in [-0.25, -0.2) is 12.7 Å². The van der Waals surface area contributed by atoms with E-state index in [1.54, 1.807) is 23.6 Å². The summed E-state index contributed by atoms with van der Waals surface area (Å²) in [5.74, 6) is 1.38. The number of rotatable bonds is 3. The van der Waals surface area contributed by atoms with Gasteiger partial charge in [-0.1, -0.05) is 13.0 Å². The molecule has 102 valence electrons. The molecule has 1 aliphatic carbocycles. The number of nitrogens with zero attached hydrogens (tertiary/aromatic N) is 1. The molecule has 0 saturated carbocycles. The average molecular weight is 271 g/mol. The summed E-state index contributed by atoms with van der Waals surface area (Å²) in [6, 6.07) is 0. The van der Waals surface area contributed by atoms with Gasteiger partial charge in [0.2, 0.25) is 10.0 Å². The maximum atomic E-state index is 12.4. The van der Waals surface area contributed by atoms with E-state index in [9.17, 15) is 8.42 Å². The van der Waals surface area contributed by atoms with Crippen molar-refractivity contribution >= 4 is 10.0 Å². The Morgan fingerprint density at radius 1 is 1.33 bits per heavy atom. The Kier molecular flexibility index (Phi) is 4.12. The minimum atomic E-state index is -3.19. The van der Waals surface area contributed by atoms with Crippen LogP contribution >= 0.6 is 0 Å². The second-order valence-corrected chi connectivity index (χ2v) is 7.22. The van der Waals surface area contributed by atoms with E-state index in [4.69, 9.17) is 4.74 Å². The van der Waals surface area contributed by atoms with Crippen LogP contribution in [-0.4, -0.2) is 38.2 Å². The van der Waals surface area contributed by atoms with Gasteiger partial charge in [-0.3, -0.25) is 0 Å². The van der Waals surface area contributed by atoms with Crippen molar-refractivity contribution in [2.75, 3.05) is 20.2 Å². The van der Waals surface area contributed by atoms with Crippen LogP contribution in [0, 0.1) is 5.92 Å².